The number of hydrogen-bond acceptors (Lipinski definition) is 7. The van der Waals surface area contributed by atoms with Crippen LogP contribution < -0.4 is 16.4 Å². The Bertz CT molecular complexity index is 1020. The van der Waals surface area contributed by atoms with Crippen LogP contribution in [0.25, 0.3) is 11.1 Å². The predicted octanol–water partition coefficient (Wildman–Crippen LogP) is 4.03. The highest BCUT2D eigenvalue weighted by Gasteiger charge is 2.42. The third-order valence-corrected chi connectivity index (χ3v) is 5.75. The maximum Gasteiger partial charge on any atom is 0.338 e. The van der Waals surface area contributed by atoms with Gasteiger partial charge in [-0.2, -0.15) is 4.99 Å². The third kappa shape index (κ3) is 4.26. The number of ether oxygens (including phenoxy) is 1. The number of nitrogens with zero attached hydrogens (tertiary/aromatic N) is 3. The lowest BCUT2D eigenvalue weighted by atomic mass is 9.87. The van der Waals surface area contributed by atoms with Crippen LogP contribution in [-0.4, -0.2) is 29.7 Å². The van der Waals surface area contributed by atoms with Crippen LogP contribution in [0.5, 0.6) is 0 Å². The summed E-state index contributed by atoms with van der Waals surface area (Å²) in [5.74, 6) is 0.302. The quantitative estimate of drug-likeness (QED) is 0.728. The molecule has 4 rings (SSSR count). The van der Waals surface area contributed by atoms with E-state index in [1.54, 1.807) is 12.1 Å². The minimum absolute atomic E-state index is 0.149. The van der Waals surface area contributed by atoms with E-state index in [2.05, 4.69) is 11.1 Å². The third-order valence-electron chi connectivity index (χ3n) is 5.75. The molecule has 1 saturated carbocycles. The number of esters is 1. The van der Waals surface area contributed by atoms with Crippen LogP contribution in [0, 0.1) is 0 Å². The van der Waals surface area contributed by atoms with Gasteiger partial charge in [-0.1, -0.05) is 30.7 Å². The van der Waals surface area contributed by atoms with E-state index in [9.17, 15) is 4.79 Å². The van der Waals surface area contributed by atoms with E-state index in [4.69, 9.17) is 21.2 Å². The highest BCUT2D eigenvalue weighted by Crippen LogP contribution is 2.40. The summed E-state index contributed by atoms with van der Waals surface area (Å²) in [7, 11) is 0. The van der Waals surface area contributed by atoms with E-state index in [-0.39, 0.29) is 18.0 Å². The number of benzene rings is 2. The SMILES string of the molecule is CC(C)OC(=O)c1ccc(-c2cccc(N3C(N)=NC(N)=NC34CCCCC4)c2)cc1. The van der Waals surface area contributed by atoms with Crippen LogP contribution in [0.4, 0.5) is 5.69 Å². The van der Waals surface area contributed by atoms with E-state index in [0.29, 0.717) is 11.5 Å². The molecule has 2 aromatic rings. The first-order valence-corrected chi connectivity index (χ1v) is 10.8. The van der Waals surface area contributed by atoms with E-state index in [1.165, 1.54) is 6.42 Å². The maximum absolute atomic E-state index is 12.1. The molecule has 1 fully saturated rings. The molecule has 0 radical (unpaired) electrons. The molecule has 1 spiro atoms. The number of carbonyl (C=O) groups excluding carboxylic acids is 1. The molecule has 4 N–H and O–H groups in total. The number of guanidine groups is 2. The Labute approximate surface area is 182 Å². The first-order valence-electron chi connectivity index (χ1n) is 10.8. The van der Waals surface area contributed by atoms with Crippen molar-refractivity contribution in [3.8, 4) is 11.1 Å². The van der Waals surface area contributed by atoms with Crippen molar-refractivity contribution in [3.05, 3.63) is 54.1 Å². The molecule has 0 aromatic heterocycles. The van der Waals surface area contributed by atoms with Gasteiger partial charge in [0.15, 0.2) is 0 Å². The zero-order valence-corrected chi connectivity index (χ0v) is 18.0. The van der Waals surface area contributed by atoms with Gasteiger partial charge in [-0.15, -0.1) is 0 Å². The van der Waals surface area contributed by atoms with Gasteiger partial charge in [0.05, 0.1) is 11.7 Å². The van der Waals surface area contributed by atoms with Gasteiger partial charge in [-0.3, -0.25) is 4.90 Å². The molecule has 2 aliphatic rings. The Balaban J connectivity index is 1.65. The molecule has 1 aliphatic carbocycles. The lowest BCUT2D eigenvalue weighted by molar-refractivity contribution is 0.0378. The topological polar surface area (TPSA) is 106 Å². The Kier molecular flexibility index (Phi) is 5.67. The first kappa shape index (κ1) is 20.9. The van der Waals surface area contributed by atoms with Gasteiger partial charge < -0.3 is 16.2 Å². The second kappa shape index (κ2) is 8.41. The van der Waals surface area contributed by atoms with Crippen molar-refractivity contribution in [1.29, 1.82) is 0 Å². The molecular formula is C24H29N5O2. The van der Waals surface area contributed by atoms with Crippen LogP contribution in [0.2, 0.25) is 0 Å². The standard InChI is InChI=1S/C24H29N5O2/c1-16(2)31-21(30)18-11-9-17(10-12-18)19-7-6-8-20(15-19)29-23(26)27-22(25)28-24(29)13-4-3-5-14-24/h6-12,15-16H,3-5,13-14H2,1-2H3,(H4,25,26,27,28). The summed E-state index contributed by atoms with van der Waals surface area (Å²) < 4.78 is 5.27. The molecule has 0 unspecified atom stereocenters. The molecule has 2 aromatic carbocycles. The number of rotatable bonds is 4. The lowest BCUT2D eigenvalue weighted by Crippen LogP contribution is -2.58. The fourth-order valence-electron chi connectivity index (χ4n) is 4.40. The molecule has 31 heavy (non-hydrogen) atoms. The zero-order valence-electron chi connectivity index (χ0n) is 18.0. The zero-order chi connectivity index (χ0) is 22.0. The number of aliphatic imine (C=N–C) groups is 2. The monoisotopic (exact) mass is 419 g/mol. The van der Waals surface area contributed by atoms with Crippen molar-refractivity contribution in [2.45, 2.75) is 57.7 Å². The molecule has 1 aliphatic heterocycles. The summed E-state index contributed by atoms with van der Waals surface area (Å²) in [5, 5.41) is 0. The van der Waals surface area contributed by atoms with Crippen LogP contribution in [0.3, 0.4) is 0 Å². The summed E-state index contributed by atoms with van der Waals surface area (Å²) in [6.07, 6.45) is 4.97. The highest BCUT2D eigenvalue weighted by atomic mass is 16.5. The summed E-state index contributed by atoms with van der Waals surface area (Å²) >= 11 is 0. The largest absolute Gasteiger partial charge is 0.459 e. The minimum atomic E-state index is -0.475. The van der Waals surface area contributed by atoms with Gasteiger partial charge in [0.2, 0.25) is 11.9 Å². The Hall–Kier alpha value is -3.35. The van der Waals surface area contributed by atoms with E-state index >= 15 is 0 Å². The maximum atomic E-state index is 12.1. The van der Waals surface area contributed by atoms with Crippen LogP contribution in [0.15, 0.2) is 58.5 Å². The number of carbonyl (C=O) groups is 1. The van der Waals surface area contributed by atoms with Gasteiger partial charge in [0.25, 0.3) is 0 Å². The predicted molar refractivity (Wildman–Crippen MR) is 124 cm³/mol. The highest BCUT2D eigenvalue weighted by molar-refractivity contribution is 6.05. The molecule has 0 amide bonds. The van der Waals surface area contributed by atoms with Crippen LogP contribution >= 0.6 is 0 Å². The molecule has 0 saturated heterocycles. The van der Waals surface area contributed by atoms with Gasteiger partial charge in [0.1, 0.15) is 5.66 Å². The number of nitrogens with two attached hydrogens (primary N) is 2. The summed E-state index contributed by atoms with van der Waals surface area (Å²) in [5.41, 5.74) is 15.3. The average Bonchev–Trinajstić information content (AvgIpc) is 2.73. The van der Waals surface area contributed by atoms with E-state index < -0.39 is 5.66 Å². The van der Waals surface area contributed by atoms with Gasteiger partial charge in [-0.25, -0.2) is 9.79 Å². The van der Waals surface area contributed by atoms with E-state index in [0.717, 1.165) is 42.5 Å². The summed E-state index contributed by atoms with van der Waals surface area (Å²) in [4.78, 5) is 23.1. The first-order chi connectivity index (χ1) is 14.9. The van der Waals surface area contributed by atoms with Gasteiger partial charge >= 0.3 is 5.97 Å². The fraction of sp³-hybridized carbons (Fsp3) is 0.375. The fourth-order valence-corrected chi connectivity index (χ4v) is 4.40. The van der Waals surface area contributed by atoms with Crippen molar-refractivity contribution < 1.29 is 9.53 Å². The molecule has 0 atom stereocenters. The average molecular weight is 420 g/mol. The van der Waals surface area contributed by atoms with Gasteiger partial charge in [0, 0.05) is 5.69 Å². The lowest BCUT2D eigenvalue weighted by Gasteiger charge is -2.45. The Morgan fingerprint density at radius 3 is 2.42 bits per heavy atom. The van der Waals surface area contributed by atoms with Crippen molar-refractivity contribution in [1.82, 2.24) is 0 Å². The Morgan fingerprint density at radius 1 is 1.03 bits per heavy atom. The minimum Gasteiger partial charge on any atom is -0.459 e. The second-order valence-electron chi connectivity index (χ2n) is 8.40. The van der Waals surface area contributed by atoms with Crippen molar-refractivity contribution in [2.24, 2.45) is 21.5 Å². The molecular weight excluding hydrogens is 390 g/mol. The number of hydrogen-bond donors (Lipinski definition) is 2. The Morgan fingerprint density at radius 2 is 1.74 bits per heavy atom. The van der Waals surface area contributed by atoms with E-state index in [1.807, 2.05) is 49.1 Å². The van der Waals surface area contributed by atoms with Gasteiger partial charge in [-0.05, 0) is 74.9 Å². The molecule has 0 bridgehead atoms. The molecule has 1 heterocycles. The smallest absolute Gasteiger partial charge is 0.338 e. The van der Waals surface area contributed by atoms with Crippen molar-refractivity contribution in [2.75, 3.05) is 4.90 Å². The molecule has 7 nitrogen and oxygen atoms in total. The normalized spacial score (nSPS) is 18.0. The number of anilines is 1. The second-order valence-corrected chi connectivity index (χ2v) is 8.40. The summed E-state index contributed by atoms with van der Waals surface area (Å²) in [6.45, 7) is 3.67. The van der Waals surface area contributed by atoms with Crippen molar-refractivity contribution >= 4 is 23.6 Å². The van der Waals surface area contributed by atoms with Crippen LogP contribution in [-0.2, 0) is 4.74 Å². The molecule has 7 heteroatoms. The van der Waals surface area contributed by atoms with Crippen LogP contribution in [0.1, 0.15) is 56.3 Å². The van der Waals surface area contributed by atoms with Crippen molar-refractivity contribution in [3.63, 3.8) is 0 Å². The molecule has 162 valence electrons. The summed E-state index contributed by atoms with van der Waals surface area (Å²) in [6, 6.07) is 15.6.